The van der Waals surface area contributed by atoms with Crippen LogP contribution in [0.25, 0.3) is 0 Å². The molecule has 1 unspecified atom stereocenters. The Morgan fingerprint density at radius 2 is 1.70 bits per heavy atom. The Morgan fingerprint density at radius 3 is 2.19 bits per heavy atom. The van der Waals surface area contributed by atoms with Gasteiger partial charge in [0.15, 0.2) is 0 Å². The molecule has 0 radical (unpaired) electrons. The molecule has 1 aromatic carbocycles. The van der Waals surface area contributed by atoms with Crippen LogP contribution in [0.5, 0.6) is 0 Å². The normalized spacial score (nSPS) is 12.7. The highest BCUT2D eigenvalue weighted by Crippen LogP contribution is 2.09. The molecule has 1 rings (SSSR count). The van der Waals surface area contributed by atoms with Crippen LogP contribution in [0.4, 0.5) is 4.79 Å². The topological polar surface area (TPSA) is 93.7 Å². The van der Waals surface area contributed by atoms with E-state index in [0.717, 1.165) is 5.56 Å². The number of alkyl carbamates (subject to hydrolysis) is 1. The fraction of sp³-hybridized carbons (Fsp3) is 0.421. The van der Waals surface area contributed by atoms with Crippen LogP contribution in [0.3, 0.4) is 0 Å². The number of nitrogens with one attached hydrogen (secondary N) is 2. The Hall–Kier alpha value is -2.53. The zero-order valence-corrected chi connectivity index (χ0v) is 17.5. The molecule has 0 saturated heterocycles. The number of amides is 2. The van der Waals surface area contributed by atoms with Crippen LogP contribution in [0, 0.1) is 10.8 Å². The van der Waals surface area contributed by atoms with E-state index < -0.39 is 35.7 Å². The maximum absolute atomic E-state index is 12.5. The van der Waals surface area contributed by atoms with E-state index in [9.17, 15) is 14.4 Å². The summed E-state index contributed by atoms with van der Waals surface area (Å²) < 4.78 is 9.90. The van der Waals surface area contributed by atoms with Gasteiger partial charge in [-0.05, 0) is 56.8 Å². The molecule has 0 saturated carbocycles. The average molecular weight is 439 g/mol. The summed E-state index contributed by atoms with van der Waals surface area (Å²) in [6, 6.07) is 4.69. The van der Waals surface area contributed by atoms with E-state index in [0.29, 0.717) is 5.56 Å². The summed E-state index contributed by atoms with van der Waals surface area (Å²) >= 11 is 3.01. The molecule has 8 heteroatoms. The summed E-state index contributed by atoms with van der Waals surface area (Å²) in [4.78, 5) is 39.0. The monoisotopic (exact) mass is 438 g/mol. The van der Waals surface area contributed by atoms with Crippen molar-refractivity contribution in [1.29, 1.82) is 0 Å². The molecule has 0 fully saturated rings. The van der Waals surface area contributed by atoms with Crippen molar-refractivity contribution in [3.63, 3.8) is 0 Å². The lowest BCUT2D eigenvalue weighted by Gasteiger charge is -2.26. The summed E-state index contributed by atoms with van der Waals surface area (Å²) in [5.74, 6) is 1.63. The predicted molar refractivity (Wildman–Crippen MR) is 104 cm³/mol. The first kappa shape index (κ1) is 22.5. The van der Waals surface area contributed by atoms with E-state index in [1.807, 2.05) is 0 Å². The Morgan fingerprint density at radius 1 is 1.11 bits per heavy atom. The van der Waals surface area contributed by atoms with Crippen LogP contribution < -0.4 is 10.6 Å². The second kappa shape index (κ2) is 9.97. The molecule has 2 atom stereocenters. The van der Waals surface area contributed by atoms with Crippen molar-refractivity contribution in [2.24, 2.45) is 0 Å². The van der Waals surface area contributed by atoms with Gasteiger partial charge >= 0.3 is 12.1 Å². The lowest BCUT2D eigenvalue weighted by Crippen LogP contribution is -2.55. The van der Waals surface area contributed by atoms with Gasteiger partial charge in [-0.15, -0.1) is 0 Å². The van der Waals surface area contributed by atoms with Crippen molar-refractivity contribution in [3.8, 4) is 10.8 Å². The molecule has 0 spiro atoms. The molecule has 7 nitrogen and oxygen atoms in total. The van der Waals surface area contributed by atoms with Crippen molar-refractivity contribution in [3.05, 3.63) is 35.4 Å². The lowest BCUT2D eigenvalue weighted by atomic mass is 10.1. The van der Waals surface area contributed by atoms with Gasteiger partial charge in [-0.3, -0.25) is 4.79 Å². The highest BCUT2D eigenvalue weighted by molar-refractivity contribution is 9.12. The summed E-state index contributed by atoms with van der Waals surface area (Å²) in [7, 11) is 1.20. The SMILES string of the molecule is COC(=O)[C@@H](NC(=O)c1ccc(C#CBr)cc1)C(C)NC(=O)OC(C)(C)C. The molecule has 2 amide bonds. The number of benzene rings is 1. The largest absolute Gasteiger partial charge is 0.467 e. The third kappa shape index (κ3) is 7.71. The number of halogens is 1. The number of carbonyl (C=O) groups excluding carboxylic acids is 3. The van der Waals surface area contributed by atoms with E-state index in [1.54, 1.807) is 52.0 Å². The fourth-order valence-corrected chi connectivity index (χ4v) is 2.30. The summed E-state index contributed by atoms with van der Waals surface area (Å²) in [5.41, 5.74) is 0.384. The molecule has 0 aliphatic rings. The van der Waals surface area contributed by atoms with Crippen LogP contribution in [0.1, 0.15) is 43.6 Å². The number of methoxy groups -OCH3 is 1. The fourth-order valence-electron chi connectivity index (χ4n) is 2.08. The van der Waals surface area contributed by atoms with Gasteiger partial charge in [0.25, 0.3) is 5.91 Å². The first-order valence-electron chi connectivity index (χ1n) is 8.17. The second-order valence-corrected chi connectivity index (χ2v) is 7.10. The molecule has 0 aliphatic carbocycles. The first-order chi connectivity index (χ1) is 12.6. The molecule has 0 aliphatic heterocycles. The number of ether oxygens (including phenoxy) is 2. The van der Waals surface area contributed by atoms with Gasteiger partial charge in [-0.1, -0.05) is 5.92 Å². The number of esters is 1. The minimum absolute atomic E-state index is 0.341. The van der Waals surface area contributed by atoms with Crippen LogP contribution in [0.2, 0.25) is 0 Å². The van der Waals surface area contributed by atoms with E-state index in [-0.39, 0.29) is 0 Å². The number of rotatable bonds is 5. The van der Waals surface area contributed by atoms with Crippen molar-refractivity contribution in [2.75, 3.05) is 7.11 Å². The van der Waals surface area contributed by atoms with Crippen molar-refractivity contribution >= 4 is 33.9 Å². The summed E-state index contributed by atoms with van der Waals surface area (Å²) in [6.45, 7) is 6.74. The highest BCUT2D eigenvalue weighted by Gasteiger charge is 2.30. The second-order valence-electron chi connectivity index (χ2n) is 6.71. The molecular weight excluding hydrogens is 416 g/mol. The zero-order chi connectivity index (χ0) is 20.6. The Labute approximate surface area is 167 Å². The van der Waals surface area contributed by atoms with Crippen molar-refractivity contribution in [2.45, 2.75) is 45.4 Å². The van der Waals surface area contributed by atoms with Crippen LogP contribution >= 0.6 is 15.9 Å². The third-order valence-electron chi connectivity index (χ3n) is 3.32. The maximum atomic E-state index is 12.5. The van der Waals surface area contributed by atoms with Gasteiger partial charge in [-0.2, -0.15) is 0 Å². The van der Waals surface area contributed by atoms with E-state index >= 15 is 0 Å². The van der Waals surface area contributed by atoms with Gasteiger partial charge in [0, 0.05) is 27.1 Å². The van der Waals surface area contributed by atoms with Gasteiger partial charge in [0.2, 0.25) is 0 Å². The van der Waals surface area contributed by atoms with Gasteiger partial charge in [0.1, 0.15) is 11.6 Å². The minimum Gasteiger partial charge on any atom is -0.467 e. The minimum atomic E-state index is -1.09. The smallest absolute Gasteiger partial charge is 0.407 e. The van der Waals surface area contributed by atoms with E-state index in [2.05, 4.69) is 37.3 Å². The molecular formula is C19H23BrN2O5. The Bertz CT molecular complexity index is 744. The summed E-state index contributed by atoms with van der Waals surface area (Å²) in [5, 5.41) is 5.11. The Kier molecular flexibility index (Phi) is 8.32. The van der Waals surface area contributed by atoms with Crippen LogP contribution in [-0.2, 0) is 14.3 Å². The molecule has 27 heavy (non-hydrogen) atoms. The highest BCUT2D eigenvalue weighted by atomic mass is 79.9. The average Bonchev–Trinajstić information content (AvgIpc) is 2.57. The van der Waals surface area contributed by atoms with Crippen LogP contribution in [0.15, 0.2) is 24.3 Å². The number of hydrogen-bond acceptors (Lipinski definition) is 5. The van der Waals surface area contributed by atoms with Crippen molar-refractivity contribution < 1.29 is 23.9 Å². The Balaban J connectivity index is 2.86. The lowest BCUT2D eigenvalue weighted by molar-refractivity contribution is -0.143. The van der Waals surface area contributed by atoms with E-state index in [1.165, 1.54) is 7.11 Å². The first-order valence-corrected chi connectivity index (χ1v) is 8.96. The molecule has 146 valence electrons. The summed E-state index contributed by atoms with van der Waals surface area (Å²) in [6.07, 6.45) is -0.698. The predicted octanol–water partition coefficient (Wildman–Crippen LogP) is 2.58. The molecule has 0 bridgehead atoms. The standard InChI is InChI=1S/C19H23BrN2O5/c1-12(21-18(25)27-19(2,3)4)15(17(24)26-5)22-16(23)14-8-6-13(7-9-14)10-11-20/h6-9,12,15H,1-5H3,(H,21,25)(H,22,23)/t12?,15-/m0/s1. The molecule has 2 N–H and O–H groups in total. The maximum Gasteiger partial charge on any atom is 0.407 e. The van der Waals surface area contributed by atoms with Gasteiger partial charge in [-0.25, -0.2) is 9.59 Å². The third-order valence-corrected chi connectivity index (χ3v) is 3.52. The number of carbonyl (C=O) groups is 3. The molecule has 0 heterocycles. The molecule has 0 aromatic heterocycles. The zero-order valence-electron chi connectivity index (χ0n) is 15.9. The van der Waals surface area contributed by atoms with Crippen molar-refractivity contribution in [1.82, 2.24) is 10.6 Å². The van der Waals surface area contributed by atoms with Gasteiger partial charge < -0.3 is 20.1 Å². The van der Waals surface area contributed by atoms with Gasteiger partial charge in [0.05, 0.1) is 13.2 Å². The molecule has 1 aromatic rings. The van der Waals surface area contributed by atoms with E-state index in [4.69, 9.17) is 9.47 Å². The number of hydrogen-bond donors (Lipinski definition) is 2. The van der Waals surface area contributed by atoms with Crippen LogP contribution in [-0.4, -0.2) is 42.8 Å². The quantitative estimate of drug-likeness (QED) is 0.544.